The average molecular weight is 263 g/mol. The molecule has 0 aliphatic heterocycles. The molecule has 0 rings (SSSR count). The summed E-state index contributed by atoms with van der Waals surface area (Å²) < 4.78 is 0. The number of allylic oxidation sites excluding steroid dienone is 4. The van der Waals surface area contributed by atoms with Gasteiger partial charge in [-0.3, -0.25) is 0 Å². The van der Waals surface area contributed by atoms with Crippen molar-refractivity contribution in [3.63, 3.8) is 0 Å². The second kappa shape index (κ2) is 15.0. The van der Waals surface area contributed by atoms with Crippen LogP contribution in [-0.2, 0) is 0 Å². The summed E-state index contributed by atoms with van der Waals surface area (Å²) in [4.78, 5) is 0. The zero-order valence-corrected chi connectivity index (χ0v) is 13.7. The van der Waals surface area contributed by atoms with Gasteiger partial charge in [-0.15, -0.1) is 6.58 Å². The third kappa shape index (κ3) is 11.7. The monoisotopic (exact) mass is 263 g/mol. The first-order chi connectivity index (χ1) is 9.17. The van der Waals surface area contributed by atoms with Gasteiger partial charge < -0.3 is 5.32 Å². The van der Waals surface area contributed by atoms with E-state index in [9.17, 15) is 0 Å². The Morgan fingerprint density at radius 1 is 1.16 bits per heavy atom. The fraction of sp³-hybridized carbons (Fsp3) is 0.556. The van der Waals surface area contributed by atoms with E-state index in [1.165, 1.54) is 5.57 Å². The number of hydrogen-bond donors (Lipinski definition) is 1. The van der Waals surface area contributed by atoms with Gasteiger partial charge in [0.2, 0.25) is 0 Å². The molecule has 0 unspecified atom stereocenters. The van der Waals surface area contributed by atoms with Gasteiger partial charge in [0.1, 0.15) is 0 Å². The Bertz CT molecular complexity index is 284. The van der Waals surface area contributed by atoms with Gasteiger partial charge in [0.15, 0.2) is 0 Å². The van der Waals surface area contributed by atoms with Crippen molar-refractivity contribution < 1.29 is 0 Å². The highest BCUT2D eigenvalue weighted by molar-refractivity contribution is 5.19. The molecule has 0 saturated carbocycles. The van der Waals surface area contributed by atoms with E-state index in [1.807, 2.05) is 26.8 Å². The normalized spacial score (nSPS) is 15.2. The average Bonchev–Trinajstić information content (AvgIpc) is 2.44. The van der Waals surface area contributed by atoms with Crippen molar-refractivity contribution in [2.24, 2.45) is 5.92 Å². The number of hydrogen-bond acceptors (Lipinski definition) is 1. The molecule has 0 aromatic rings. The van der Waals surface area contributed by atoms with Crippen molar-refractivity contribution in [2.75, 3.05) is 6.54 Å². The molecule has 0 aromatic carbocycles. The van der Waals surface area contributed by atoms with Gasteiger partial charge in [-0.25, -0.2) is 0 Å². The molecule has 0 fully saturated rings. The van der Waals surface area contributed by atoms with Gasteiger partial charge in [-0.1, -0.05) is 62.8 Å². The lowest BCUT2D eigenvalue weighted by atomic mass is 10.0. The summed E-state index contributed by atoms with van der Waals surface area (Å²) in [5, 5.41) is 3.53. The Labute approximate surface area is 121 Å². The maximum Gasteiger partial charge on any atom is 0.0288 e. The lowest BCUT2D eigenvalue weighted by Crippen LogP contribution is -2.30. The van der Waals surface area contributed by atoms with Crippen molar-refractivity contribution in [3.8, 4) is 0 Å². The van der Waals surface area contributed by atoms with E-state index >= 15 is 0 Å². The van der Waals surface area contributed by atoms with E-state index in [2.05, 4.69) is 63.0 Å². The van der Waals surface area contributed by atoms with E-state index < -0.39 is 0 Å². The first-order valence-corrected chi connectivity index (χ1v) is 7.44. The summed E-state index contributed by atoms with van der Waals surface area (Å²) in [6, 6.07) is 0.352. The highest BCUT2D eigenvalue weighted by atomic mass is 14.9. The minimum atomic E-state index is 0.352. The van der Waals surface area contributed by atoms with Gasteiger partial charge in [0.25, 0.3) is 0 Å². The predicted molar refractivity (Wildman–Crippen MR) is 90.5 cm³/mol. The summed E-state index contributed by atoms with van der Waals surface area (Å²) in [6.45, 7) is 17.3. The largest absolute Gasteiger partial charge is 0.310 e. The van der Waals surface area contributed by atoms with Crippen LogP contribution in [0.1, 0.15) is 48.0 Å². The minimum Gasteiger partial charge on any atom is -0.310 e. The fourth-order valence-electron chi connectivity index (χ4n) is 1.72. The molecule has 1 N–H and O–H groups in total. The third-order valence-electron chi connectivity index (χ3n) is 2.71. The van der Waals surface area contributed by atoms with E-state index in [0.29, 0.717) is 12.0 Å². The second-order valence-corrected chi connectivity index (χ2v) is 4.32. The summed E-state index contributed by atoms with van der Waals surface area (Å²) >= 11 is 0. The van der Waals surface area contributed by atoms with Gasteiger partial charge >= 0.3 is 0 Å². The molecule has 0 aliphatic rings. The zero-order chi connectivity index (χ0) is 15.1. The maximum absolute atomic E-state index is 3.90. The van der Waals surface area contributed by atoms with Crippen molar-refractivity contribution >= 4 is 0 Å². The van der Waals surface area contributed by atoms with E-state index in [0.717, 1.165) is 13.0 Å². The molecule has 0 bridgehead atoms. The van der Waals surface area contributed by atoms with Crippen LogP contribution in [0.15, 0.2) is 48.6 Å². The second-order valence-electron chi connectivity index (χ2n) is 4.32. The molecule has 19 heavy (non-hydrogen) atoms. The van der Waals surface area contributed by atoms with Crippen molar-refractivity contribution in [3.05, 3.63) is 48.6 Å². The quantitative estimate of drug-likeness (QED) is 0.464. The third-order valence-corrected chi connectivity index (χ3v) is 2.71. The summed E-state index contributed by atoms with van der Waals surface area (Å²) in [6.07, 6.45) is 13.7. The molecule has 0 saturated heterocycles. The van der Waals surface area contributed by atoms with Crippen LogP contribution in [0.25, 0.3) is 0 Å². The Kier molecular flexibility index (Phi) is 16.0. The Balaban J connectivity index is 0. The zero-order valence-electron chi connectivity index (χ0n) is 13.7. The molecule has 1 heteroatoms. The molecule has 0 amide bonds. The van der Waals surface area contributed by atoms with Gasteiger partial charge in [-0.2, -0.15) is 0 Å². The Morgan fingerprint density at radius 2 is 1.79 bits per heavy atom. The summed E-state index contributed by atoms with van der Waals surface area (Å²) in [7, 11) is 0. The topological polar surface area (TPSA) is 12.0 Å². The van der Waals surface area contributed by atoms with Crippen LogP contribution in [0.4, 0.5) is 0 Å². The molecule has 0 aliphatic carbocycles. The van der Waals surface area contributed by atoms with Crippen molar-refractivity contribution in [2.45, 2.75) is 54.0 Å². The minimum absolute atomic E-state index is 0.352. The van der Waals surface area contributed by atoms with E-state index in [-0.39, 0.29) is 0 Å². The van der Waals surface area contributed by atoms with Crippen molar-refractivity contribution in [1.82, 2.24) is 5.32 Å². The lowest BCUT2D eigenvalue weighted by molar-refractivity contribution is 0.536. The predicted octanol–water partition coefficient (Wildman–Crippen LogP) is 5.28. The maximum atomic E-state index is 3.90. The Hall–Kier alpha value is -1.08. The molecular formula is C18H33N. The lowest BCUT2D eigenvalue weighted by Gasteiger charge is -2.17. The smallest absolute Gasteiger partial charge is 0.0288 e. The number of nitrogens with one attached hydrogen (secondary N) is 1. The molecule has 0 spiro atoms. The van der Waals surface area contributed by atoms with Crippen LogP contribution < -0.4 is 5.32 Å². The van der Waals surface area contributed by atoms with Gasteiger partial charge in [-0.05, 0) is 33.1 Å². The molecule has 0 radical (unpaired) electrons. The molecule has 2 atom stereocenters. The first kappa shape index (κ1) is 20.2. The molecule has 0 aromatic heterocycles. The molecular weight excluding hydrogens is 230 g/mol. The van der Waals surface area contributed by atoms with E-state index in [4.69, 9.17) is 0 Å². The van der Waals surface area contributed by atoms with Gasteiger partial charge in [0, 0.05) is 12.6 Å². The highest BCUT2D eigenvalue weighted by Gasteiger charge is 2.06. The molecule has 110 valence electrons. The van der Waals surface area contributed by atoms with Crippen LogP contribution in [0.2, 0.25) is 0 Å². The molecule has 1 nitrogen and oxygen atoms in total. The Morgan fingerprint density at radius 3 is 2.21 bits per heavy atom. The van der Waals surface area contributed by atoms with Crippen LogP contribution in [-0.4, -0.2) is 12.6 Å². The SMILES string of the molecule is C=C[C@H](CC(/C=C\C)=C/C)NC[C@H](C)/C=C/C.CC. The van der Waals surface area contributed by atoms with Crippen molar-refractivity contribution in [1.29, 1.82) is 0 Å². The van der Waals surface area contributed by atoms with Crippen LogP contribution in [0, 0.1) is 5.92 Å². The van der Waals surface area contributed by atoms with Crippen LogP contribution in [0.5, 0.6) is 0 Å². The van der Waals surface area contributed by atoms with E-state index in [1.54, 1.807) is 0 Å². The summed E-state index contributed by atoms with van der Waals surface area (Å²) in [5.41, 5.74) is 1.35. The standard InChI is InChI=1S/C16H27N.C2H6/c1-6-10-14(5)13-17-16(9-4)12-15(8-3)11-7-2;1-2/h6-11,14,16-17H,4,12-13H2,1-3,5H3;1-2H3/b10-6+,11-7-,15-8+;/t14-,16-;/m1./s1. The fourth-order valence-corrected chi connectivity index (χ4v) is 1.72. The number of rotatable bonds is 8. The highest BCUT2D eigenvalue weighted by Crippen LogP contribution is 2.09. The molecule has 0 heterocycles. The van der Waals surface area contributed by atoms with Crippen LogP contribution >= 0.6 is 0 Å². The summed E-state index contributed by atoms with van der Waals surface area (Å²) in [5.74, 6) is 0.568. The van der Waals surface area contributed by atoms with Gasteiger partial charge in [0.05, 0.1) is 0 Å². The van der Waals surface area contributed by atoms with Crippen LogP contribution in [0.3, 0.4) is 0 Å². The first-order valence-electron chi connectivity index (χ1n) is 7.44.